The van der Waals surface area contributed by atoms with Crippen molar-refractivity contribution in [3.05, 3.63) is 46.7 Å². The van der Waals surface area contributed by atoms with Crippen molar-refractivity contribution in [1.82, 2.24) is 9.97 Å². The lowest BCUT2D eigenvalue weighted by Gasteiger charge is -2.11. The van der Waals surface area contributed by atoms with Gasteiger partial charge in [0.2, 0.25) is 0 Å². The van der Waals surface area contributed by atoms with E-state index in [1.807, 2.05) is 24.3 Å². The van der Waals surface area contributed by atoms with E-state index in [-0.39, 0.29) is 0 Å². The number of methoxy groups -OCH3 is 1. The molecule has 1 saturated carbocycles. The Balaban J connectivity index is 1.95. The Morgan fingerprint density at radius 1 is 1.19 bits per heavy atom. The average Bonchev–Trinajstić information content (AvgIpc) is 3.01. The Bertz CT molecular complexity index is 624. The average molecular weight is 303 g/mol. The van der Waals surface area contributed by atoms with Crippen molar-refractivity contribution >= 4 is 11.6 Å². The summed E-state index contributed by atoms with van der Waals surface area (Å²) in [5.74, 6) is 1.24. The molecule has 1 heterocycles. The molecule has 3 nitrogen and oxygen atoms in total. The third-order valence-corrected chi connectivity index (χ3v) is 4.18. The topological polar surface area (TPSA) is 35.0 Å². The lowest BCUT2D eigenvalue weighted by atomic mass is 10.0. The Hall–Kier alpha value is -1.45. The van der Waals surface area contributed by atoms with E-state index >= 15 is 0 Å². The van der Waals surface area contributed by atoms with E-state index in [9.17, 15) is 0 Å². The maximum atomic E-state index is 6.20. The normalized spacial score (nSPS) is 15.5. The van der Waals surface area contributed by atoms with Crippen molar-refractivity contribution < 1.29 is 4.74 Å². The van der Waals surface area contributed by atoms with Crippen LogP contribution in [0.2, 0.25) is 5.15 Å². The standard InChI is InChI=1S/C17H19ClN2O/c1-21-11-12-5-4-8-14(9-12)17-19-15(10-16(18)20-17)13-6-2-3-7-13/h4-5,8-10,13H,2-3,6-7,11H2,1H3. The quantitative estimate of drug-likeness (QED) is 0.774. The fourth-order valence-electron chi connectivity index (χ4n) is 2.96. The number of halogens is 1. The highest BCUT2D eigenvalue weighted by Crippen LogP contribution is 2.34. The molecular weight excluding hydrogens is 284 g/mol. The maximum Gasteiger partial charge on any atom is 0.161 e. The second-order valence-corrected chi connectivity index (χ2v) is 5.94. The monoisotopic (exact) mass is 302 g/mol. The van der Waals surface area contributed by atoms with Gasteiger partial charge in [0.05, 0.1) is 6.61 Å². The highest BCUT2D eigenvalue weighted by Gasteiger charge is 2.20. The van der Waals surface area contributed by atoms with Gasteiger partial charge in [-0.05, 0) is 30.5 Å². The zero-order chi connectivity index (χ0) is 14.7. The molecule has 3 rings (SSSR count). The number of nitrogens with zero attached hydrogens (tertiary/aromatic N) is 2. The van der Waals surface area contributed by atoms with E-state index in [2.05, 4.69) is 11.1 Å². The molecule has 0 N–H and O–H groups in total. The van der Waals surface area contributed by atoms with Crippen molar-refractivity contribution in [2.45, 2.75) is 38.2 Å². The minimum Gasteiger partial charge on any atom is -0.380 e. The minimum atomic E-state index is 0.527. The molecule has 21 heavy (non-hydrogen) atoms. The van der Waals surface area contributed by atoms with Gasteiger partial charge >= 0.3 is 0 Å². The number of rotatable bonds is 4. The van der Waals surface area contributed by atoms with Crippen LogP contribution in [0, 0.1) is 0 Å². The minimum absolute atomic E-state index is 0.527. The number of benzene rings is 1. The van der Waals surface area contributed by atoms with E-state index in [1.165, 1.54) is 25.7 Å². The SMILES string of the molecule is COCc1cccc(-c2nc(Cl)cc(C3CCCC3)n2)c1. The molecule has 0 saturated heterocycles. The molecule has 0 aliphatic heterocycles. The van der Waals surface area contributed by atoms with Gasteiger partial charge < -0.3 is 4.74 Å². The van der Waals surface area contributed by atoms with Crippen LogP contribution < -0.4 is 0 Å². The number of hydrogen-bond acceptors (Lipinski definition) is 3. The molecule has 1 aliphatic rings. The molecular formula is C17H19ClN2O. The predicted octanol–water partition coefficient (Wildman–Crippen LogP) is 4.60. The van der Waals surface area contributed by atoms with Crippen molar-refractivity contribution in [3.8, 4) is 11.4 Å². The van der Waals surface area contributed by atoms with Crippen LogP contribution in [-0.2, 0) is 11.3 Å². The Kier molecular flexibility index (Phi) is 4.51. The zero-order valence-electron chi connectivity index (χ0n) is 12.2. The molecule has 110 valence electrons. The fraction of sp³-hybridized carbons (Fsp3) is 0.412. The third-order valence-electron chi connectivity index (χ3n) is 3.98. The first-order valence-corrected chi connectivity index (χ1v) is 7.77. The molecule has 0 unspecified atom stereocenters. The number of hydrogen-bond donors (Lipinski definition) is 0. The highest BCUT2D eigenvalue weighted by molar-refractivity contribution is 6.29. The zero-order valence-corrected chi connectivity index (χ0v) is 12.9. The van der Waals surface area contributed by atoms with Gasteiger partial charge in [-0.3, -0.25) is 0 Å². The Labute approximate surface area is 130 Å². The van der Waals surface area contributed by atoms with Crippen LogP contribution in [0.5, 0.6) is 0 Å². The van der Waals surface area contributed by atoms with Crippen molar-refractivity contribution in [2.75, 3.05) is 7.11 Å². The van der Waals surface area contributed by atoms with E-state index in [0.717, 1.165) is 16.8 Å². The van der Waals surface area contributed by atoms with Crippen molar-refractivity contribution in [3.63, 3.8) is 0 Å². The largest absolute Gasteiger partial charge is 0.380 e. The van der Waals surface area contributed by atoms with Gasteiger partial charge in [0, 0.05) is 24.3 Å². The summed E-state index contributed by atoms with van der Waals surface area (Å²) < 4.78 is 5.18. The second-order valence-electron chi connectivity index (χ2n) is 5.55. The smallest absolute Gasteiger partial charge is 0.161 e. The second kappa shape index (κ2) is 6.54. The first-order valence-electron chi connectivity index (χ1n) is 7.39. The maximum absolute atomic E-state index is 6.20. The predicted molar refractivity (Wildman–Crippen MR) is 84.4 cm³/mol. The van der Waals surface area contributed by atoms with E-state index < -0.39 is 0 Å². The molecule has 0 amide bonds. The van der Waals surface area contributed by atoms with Crippen molar-refractivity contribution in [1.29, 1.82) is 0 Å². The molecule has 0 atom stereocenters. The summed E-state index contributed by atoms with van der Waals surface area (Å²) in [5.41, 5.74) is 3.19. The highest BCUT2D eigenvalue weighted by atomic mass is 35.5. The van der Waals surface area contributed by atoms with Gasteiger partial charge in [-0.1, -0.05) is 42.6 Å². The third kappa shape index (κ3) is 3.42. The molecule has 1 aliphatic carbocycles. The molecule has 1 aromatic heterocycles. The van der Waals surface area contributed by atoms with Crippen molar-refractivity contribution in [2.24, 2.45) is 0 Å². The molecule has 0 spiro atoms. The van der Waals surface area contributed by atoms with Crippen LogP contribution in [0.4, 0.5) is 0 Å². The summed E-state index contributed by atoms with van der Waals surface area (Å²) in [6, 6.07) is 10.0. The van der Waals surface area contributed by atoms with Crippen LogP contribution in [0.1, 0.15) is 42.9 Å². The van der Waals surface area contributed by atoms with E-state index in [4.69, 9.17) is 21.3 Å². The van der Waals surface area contributed by atoms with E-state index in [1.54, 1.807) is 7.11 Å². The Morgan fingerprint density at radius 3 is 2.76 bits per heavy atom. The van der Waals surface area contributed by atoms with Crippen LogP contribution in [-0.4, -0.2) is 17.1 Å². The molecule has 1 aromatic carbocycles. The molecule has 2 aromatic rings. The number of aromatic nitrogens is 2. The van der Waals surface area contributed by atoms with Gasteiger partial charge in [-0.25, -0.2) is 9.97 Å². The molecule has 1 fully saturated rings. The number of ether oxygens (including phenoxy) is 1. The van der Waals surface area contributed by atoms with Gasteiger partial charge in [0.1, 0.15) is 5.15 Å². The fourth-order valence-corrected chi connectivity index (χ4v) is 3.15. The molecule has 0 radical (unpaired) electrons. The molecule has 4 heteroatoms. The first-order chi connectivity index (χ1) is 10.3. The lowest BCUT2D eigenvalue weighted by Crippen LogP contribution is -2.01. The summed E-state index contributed by atoms with van der Waals surface area (Å²) in [5, 5.41) is 0.527. The van der Waals surface area contributed by atoms with E-state index in [0.29, 0.717) is 23.5 Å². The summed E-state index contributed by atoms with van der Waals surface area (Å²) in [6.07, 6.45) is 4.98. The van der Waals surface area contributed by atoms with Crippen LogP contribution >= 0.6 is 11.6 Å². The first kappa shape index (κ1) is 14.5. The van der Waals surface area contributed by atoms with Gasteiger partial charge in [-0.15, -0.1) is 0 Å². The lowest BCUT2D eigenvalue weighted by molar-refractivity contribution is 0.185. The summed E-state index contributed by atoms with van der Waals surface area (Å²) in [6.45, 7) is 0.587. The van der Waals surface area contributed by atoms with Gasteiger partial charge in [-0.2, -0.15) is 0 Å². The summed E-state index contributed by atoms with van der Waals surface area (Å²) in [4.78, 5) is 9.14. The van der Waals surface area contributed by atoms with Crippen LogP contribution in [0.3, 0.4) is 0 Å². The van der Waals surface area contributed by atoms with Crippen LogP contribution in [0.25, 0.3) is 11.4 Å². The van der Waals surface area contributed by atoms with Crippen LogP contribution in [0.15, 0.2) is 30.3 Å². The Morgan fingerprint density at radius 2 is 2.00 bits per heavy atom. The molecule has 0 bridgehead atoms. The summed E-state index contributed by atoms with van der Waals surface area (Å²) in [7, 11) is 1.70. The van der Waals surface area contributed by atoms with Gasteiger partial charge in [0.15, 0.2) is 5.82 Å². The van der Waals surface area contributed by atoms with Gasteiger partial charge in [0.25, 0.3) is 0 Å². The summed E-state index contributed by atoms with van der Waals surface area (Å²) >= 11 is 6.20.